The number of carbonyl (C=O) groups is 1. The highest BCUT2D eigenvalue weighted by atomic mass is 16.5. The number of hydrogen-bond donors (Lipinski definition) is 1. The minimum absolute atomic E-state index is 0.0501. The number of para-hydroxylation sites is 1. The van der Waals surface area contributed by atoms with Gasteiger partial charge in [0.15, 0.2) is 5.43 Å². The average Bonchev–Trinajstić information content (AvgIpc) is 2.58. The highest BCUT2D eigenvalue weighted by Crippen LogP contribution is 2.18. The Labute approximate surface area is 133 Å². The standard InChI is InChI=1S/C19H17NO3/c1-12-16(11-13-7-4-3-5-8-13)18(21)14-9-6-10-15(17(14)20-12)19(22)23-2/h3-10H,11H2,1-2H3,(H,20,21). The molecule has 0 saturated heterocycles. The van der Waals surface area contributed by atoms with E-state index in [0.717, 1.165) is 11.3 Å². The zero-order valence-corrected chi connectivity index (χ0v) is 13.1. The third kappa shape index (κ3) is 2.75. The lowest BCUT2D eigenvalue weighted by Crippen LogP contribution is -2.15. The lowest BCUT2D eigenvalue weighted by atomic mass is 10.00. The number of hydrogen-bond acceptors (Lipinski definition) is 3. The third-order valence-corrected chi connectivity index (χ3v) is 3.98. The van der Waals surface area contributed by atoms with Crippen molar-refractivity contribution >= 4 is 16.9 Å². The van der Waals surface area contributed by atoms with Gasteiger partial charge in [0, 0.05) is 23.1 Å². The quantitative estimate of drug-likeness (QED) is 0.756. The molecule has 0 aliphatic heterocycles. The van der Waals surface area contributed by atoms with Gasteiger partial charge >= 0.3 is 5.97 Å². The molecule has 0 bridgehead atoms. The molecular weight excluding hydrogens is 290 g/mol. The van der Waals surface area contributed by atoms with Crippen molar-refractivity contribution in [2.75, 3.05) is 7.11 Å². The molecule has 0 saturated carbocycles. The normalized spacial score (nSPS) is 10.7. The number of aromatic nitrogens is 1. The molecule has 0 atom stereocenters. The second kappa shape index (κ2) is 6.08. The minimum atomic E-state index is -0.457. The van der Waals surface area contributed by atoms with Crippen LogP contribution < -0.4 is 5.43 Å². The summed E-state index contributed by atoms with van der Waals surface area (Å²) in [5, 5.41) is 0.504. The molecule has 1 N–H and O–H groups in total. The Hall–Kier alpha value is -2.88. The molecule has 0 spiro atoms. The van der Waals surface area contributed by atoms with Crippen LogP contribution in [0.3, 0.4) is 0 Å². The maximum atomic E-state index is 12.8. The zero-order valence-electron chi connectivity index (χ0n) is 13.1. The van der Waals surface area contributed by atoms with Crippen molar-refractivity contribution in [3.63, 3.8) is 0 Å². The van der Waals surface area contributed by atoms with Gasteiger partial charge < -0.3 is 9.72 Å². The van der Waals surface area contributed by atoms with Crippen molar-refractivity contribution in [3.05, 3.63) is 81.1 Å². The predicted molar refractivity (Wildman–Crippen MR) is 89.9 cm³/mol. The van der Waals surface area contributed by atoms with Crippen molar-refractivity contribution in [1.29, 1.82) is 0 Å². The van der Waals surface area contributed by atoms with Crippen LogP contribution >= 0.6 is 0 Å². The van der Waals surface area contributed by atoms with Crippen LogP contribution in [0.2, 0.25) is 0 Å². The Morgan fingerprint density at radius 1 is 1.09 bits per heavy atom. The highest BCUT2D eigenvalue weighted by molar-refractivity contribution is 6.02. The molecule has 1 aromatic heterocycles. The number of benzene rings is 2. The van der Waals surface area contributed by atoms with Crippen molar-refractivity contribution < 1.29 is 9.53 Å². The molecule has 116 valence electrons. The first-order chi connectivity index (χ1) is 11.1. The van der Waals surface area contributed by atoms with Crippen molar-refractivity contribution in [2.45, 2.75) is 13.3 Å². The Morgan fingerprint density at radius 2 is 1.83 bits per heavy atom. The lowest BCUT2D eigenvalue weighted by molar-refractivity contribution is 0.0603. The summed E-state index contributed by atoms with van der Waals surface area (Å²) in [6.07, 6.45) is 0.556. The fraction of sp³-hybridized carbons (Fsp3) is 0.158. The van der Waals surface area contributed by atoms with E-state index >= 15 is 0 Å². The first-order valence-electron chi connectivity index (χ1n) is 7.38. The van der Waals surface area contributed by atoms with Crippen molar-refractivity contribution in [1.82, 2.24) is 4.98 Å². The molecular formula is C19H17NO3. The van der Waals surface area contributed by atoms with Crippen LogP contribution in [0.1, 0.15) is 27.2 Å². The molecule has 3 aromatic rings. The topological polar surface area (TPSA) is 59.2 Å². The summed E-state index contributed by atoms with van der Waals surface area (Å²) in [6.45, 7) is 1.85. The van der Waals surface area contributed by atoms with Crippen LogP contribution in [0.5, 0.6) is 0 Å². The van der Waals surface area contributed by atoms with Crippen LogP contribution in [0.15, 0.2) is 53.3 Å². The van der Waals surface area contributed by atoms with Gasteiger partial charge in [-0.3, -0.25) is 4.79 Å². The third-order valence-electron chi connectivity index (χ3n) is 3.98. The fourth-order valence-electron chi connectivity index (χ4n) is 2.76. The number of pyridine rings is 1. The molecule has 0 fully saturated rings. The number of esters is 1. The first-order valence-corrected chi connectivity index (χ1v) is 7.38. The predicted octanol–water partition coefficient (Wildman–Crippen LogP) is 3.21. The van der Waals surface area contributed by atoms with E-state index in [0.29, 0.717) is 28.5 Å². The maximum absolute atomic E-state index is 12.8. The Morgan fingerprint density at radius 3 is 2.52 bits per heavy atom. The summed E-state index contributed by atoms with van der Waals surface area (Å²) in [6, 6.07) is 14.9. The Balaban J connectivity index is 2.19. The molecule has 0 amide bonds. The van der Waals surface area contributed by atoms with Gasteiger partial charge in [-0.05, 0) is 24.6 Å². The van der Waals surface area contributed by atoms with Crippen LogP contribution in [0.25, 0.3) is 10.9 Å². The van der Waals surface area contributed by atoms with E-state index in [-0.39, 0.29) is 5.43 Å². The monoisotopic (exact) mass is 307 g/mol. The van der Waals surface area contributed by atoms with E-state index < -0.39 is 5.97 Å². The highest BCUT2D eigenvalue weighted by Gasteiger charge is 2.16. The molecule has 0 unspecified atom stereocenters. The number of aryl methyl sites for hydroxylation is 1. The largest absolute Gasteiger partial charge is 0.465 e. The molecule has 4 heteroatoms. The summed E-state index contributed by atoms with van der Waals surface area (Å²) in [7, 11) is 1.33. The van der Waals surface area contributed by atoms with Gasteiger partial charge in [0.05, 0.1) is 18.2 Å². The molecule has 0 aliphatic carbocycles. The van der Waals surface area contributed by atoms with Gasteiger partial charge in [0.1, 0.15) is 0 Å². The second-order valence-corrected chi connectivity index (χ2v) is 5.44. The van der Waals surface area contributed by atoms with Crippen LogP contribution in [0.4, 0.5) is 0 Å². The van der Waals surface area contributed by atoms with Crippen LogP contribution in [-0.2, 0) is 11.2 Å². The van der Waals surface area contributed by atoms with E-state index in [4.69, 9.17) is 4.74 Å². The number of H-pyrrole nitrogens is 1. The fourth-order valence-corrected chi connectivity index (χ4v) is 2.76. The molecule has 3 rings (SSSR count). The van der Waals surface area contributed by atoms with E-state index in [1.807, 2.05) is 37.3 Å². The second-order valence-electron chi connectivity index (χ2n) is 5.44. The van der Waals surface area contributed by atoms with Gasteiger partial charge in [-0.1, -0.05) is 36.4 Å². The molecule has 0 radical (unpaired) electrons. The summed E-state index contributed by atoms with van der Waals surface area (Å²) in [4.78, 5) is 27.9. The van der Waals surface area contributed by atoms with Gasteiger partial charge in [0.25, 0.3) is 0 Å². The van der Waals surface area contributed by atoms with Gasteiger partial charge in [-0.15, -0.1) is 0 Å². The van der Waals surface area contributed by atoms with E-state index in [1.165, 1.54) is 7.11 Å². The summed E-state index contributed by atoms with van der Waals surface area (Å²) >= 11 is 0. The maximum Gasteiger partial charge on any atom is 0.339 e. The van der Waals surface area contributed by atoms with Gasteiger partial charge in [-0.25, -0.2) is 4.79 Å². The number of carbonyl (C=O) groups excluding carboxylic acids is 1. The van der Waals surface area contributed by atoms with Gasteiger partial charge in [-0.2, -0.15) is 0 Å². The Kier molecular flexibility index (Phi) is 3.98. The summed E-state index contributed by atoms with van der Waals surface area (Å²) in [5.41, 5.74) is 3.40. The number of methoxy groups -OCH3 is 1. The lowest BCUT2D eigenvalue weighted by Gasteiger charge is -2.10. The molecule has 23 heavy (non-hydrogen) atoms. The average molecular weight is 307 g/mol. The van der Waals surface area contributed by atoms with E-state index in [9.17, 15) is 9.59 Å². The first kappa shape index (κ1) is 15.0. The number of aromatic amines is 1. The van der Waals surface area contributed by atoms with Crippen molar-refractivity contribution in [3.8, 4) is 0 Å². The summed E-state index contributed by atoms with van der Waals surface area (Å²) < 4.78 is 4.79. The smallest absolute Gasteiger partial charge is 0.339 e. The van der Waals surface area contributed by atoms with Crippen LogP contribution in [0, 0.1) is 6.92 Å². The molecule has 1 heterocycles. The van der Waals surface area contributed by atoms with Gasteiger partial charge in [0.2, 0.25) is 0 Å². The van der Waals surface area contributed by atoms with Crippen LogP contribution in [-0.4, -0.2) is 18.1 Å². The molecule has 2 aromatic carbocycles. The number of ether oxygens (including phenoxy) is 1. The van der Waals surface area contributed by atoms with E-state index in [2.05, 4.69) is 4.98 Å². The molecule has 4 nitrogen and oxygen atoms in total. The molecule has 0 aliphatic rings. The number of nitrogens with one attached hydrogen (secondary N) is 1. The Bertz CT molecular complexity index is 926. The summed E-state index contributed by atoms with van der Waals surface area (Å²) in [5.74, 6) is -0.457. The number of rotatable bonds is 3. The van der Waals surface area contributed by atoms with E-state index in [1.54, 1.807) is 18.2 Å². The van der Waals surface area contributed by atoms with Crippen molar-refractivity contribution in [2.24, 2.45) is 0 Å². The number of fused-ring (bicyclic) bond motifs is 1. The minimum Gasteiger partial charge on any atom is -0.465 e. The zero-order chi connectivity index (χ0) is 16.4. The SMILES string of the molecule is COC(=O)c1cccc2c(=O)c(Cc3ccccc3)c(C)[nH]c12.